The molecule has 0 spiro atoms. The van der Waals surface area contributed by atoms with Crippen LogP contribution in [0.4, 0.5) is 4.39 Å². The van der Waals surface area contributed by atoms with Crippen LogP contribution in [0.15, 0.2) is 84.9 Å². The summed E-state index contributed by atoms with van der Waals surface area (Å²) in [6.07, 6.45) is 0. The Morgan fingerprint density at radius 1 is 0.919 bits per heavy atom. The number of hydrogen-bond donors (Lipinski definition) is 1. The predicted molar refractivity (Wildman–Crippen MR) is 135 cm³/mol. The Balaban J connectivity index is 1.23. The number of halogens is 1. The Morgan fingerprint density at radius 2 is 1.70 bits per heavy atom. The molecule has 0 bridgehead atoms. The van der Waals surface area contributed by atoms with Crippen molar-refractivity contribution in [2.75, 3.05) is 13.2 Å². The molecule has 1 N–H and O–H groups in total. The van der Waals surface area contributed by atoms with Gasteiger partial charge in [-0.2, -0.15) is 4.52 Å². The number of ketones is 1. The molecule has 5 aromatic rings. The van der Waals surface area contributed by atoms with Crippen molar-refractivity contribution < 1.29 is 18.7 Å². The first kappa shape index (κ1) is 23.8. The third-order valence-corrected chi connectivity index (χ3v) is 5.69. The van der Waals surface area contributed by atoms with Crippen molar-refractivity contribution in [3.05, 3.63) is 113 Å². The van der Waals surface area contributed by atoms with Crippen LogP contribution in [0.1, 0.15) is 31.8 Å². The van der Waals surface area contributed by atoms with Crippen molar-refractivity contribution in [3.63, 3.8) is 0 Å². The van der Waals surface area contributed by atoms with Gasteiger partial charge in [0.05, 0.1) is 12.1 Å². The molecular weight excluding hydrogens is 473 g/mol. The Bertz CT molecular complexity index is 1600. The van der Waals surface area contributed by atoms with E-state index in [-0.39, 0.29) is 42.1 Å². The SMILES string of the molecule is Cc1ccc(C(=O)c2ccccc2C(=O)NCCOc2ccc3nnc(-c4cccc(F)c4)n3n2)cc1. The fraction of sp³-hybridized carbons (Fsp3) is 0.107. The van der Waals surface area contributed by atoms with Crippen LogP contribution in [-0.2, 0) is 0 Å². The summed E-state index contributed by atoms with van der Waals surface area (Å²) in [6.45, 7) is 2.27. The third kappa shape index (κ3) is 5.20. The molecule has 2 aromatic heterocycles. The molecule has 8 nitrogen and oxygen atoms in total. The second-order valence-corrected chi connectivity index (χ2v) is 8.32. The number of aromatic nitrogens is 4. The summed E-state index contributed by atoms with van der Waals surface area (Å²) in [4.78, 5) is 25.8. The van der Waals surface area contributed by atoms with Crippen LogP contribution < -0.4 is 10.1 Å². The van der Waals surface area contributed by atoms with Gasteiger partial charge in [-0.05, 0) is 31.2 Å². The van der Waals surface area contributed by atoms with E-state index < -0.39 is 0 Å². The minimum atomic E-state index is -0.389. The van der Waals surface area contributed by atoms with Crippen LogP contribution in [0.25, 0.3) is 17.0 Å². The van der Waals surface area contributed by atoms with Gasteiger partial charge in [-0.15, -0.1) is 15.3 Å². The summed E-state index contributed by atoms with van der Waals surface area (Å²) in [7, 11) is 0. The van der Waals surface area contributed by atoms with Gasteiger partial charge in [0.1, 0.15) is 12.4 Å². The molecule has 0 aliphatic heterocycles. The first-order valence-corrected chi connectivity index (χ1v) is 11.6. The van der Waals surface area contributed by atoms with E-state index in [1.54, 1.807) is 60.7 Å². The van der Waals surface area contributed by atoms with Gasteiger partial charge >= 0.3 is 0 Å². The van der Waals surface area contributed by atoms with Gasteiger partial charge in [-0.3, -0.25) is 9.59 Å². The maximum absolute atomic E-state index is 13.6. The number of fused-ring (bicyclic) bond motifs is 1. The molecule has 0 unspecified atom stereocenters. The monoisotopic (exact) mass is 495 g/mol. The zero-order valence-electron chi connectivity index (χ0n) is 19.9. The topological polar surface area (TPSA) is 98.5 Å². The molecular formula is C28H22FN5O3. The second-order valence-electron chi connectivity index (χ2n) is 8.32. The maximum Gasteiger partial charge on any atom is 0.252 e. The highest BCUT2D eigenvalue weighted by molar-refractivity contribution is 6.15. The molecule has 0 atom stereocenters. The van der Waals surface area contributed by atoms with Crippen LogP contribution in [0, 0.1) is 12.7 Å². The molecule has 2 heterocycles. The highest BCUT2D eigenvalue weighted by atomic mass is 19.1. The van der Waals surface area contributed by atoms with Crippen LogP contribution in [-0.4, -0.2) is 44.7 Å². The average Bonchev–Trinajstić information content (AvgIpc) is 3.34. The molecule has 0 aliphatic rings. The van der Waals surface area contributed by atoms with Gasteiger partial charge < -0.3 is 10.1 Å². The van der Waals surface area contributed by atoms with Crippen molar-refractivity contribution in [2.45, 2.75) is 6.92 Å². The molecule has 1 amide bonds. The number of rotatable bonds is 8. The number of carbonyl (C=O) groups is 2. The largest absolute Gasteiger partial charge is 0.475 e. The van der Waals surface area contributed by atoms with Crippen LogP contribution >= 0.6 is 0 Å². The van der Waals surface area contributed by atoms with Crippen molar-refractivity contribution >= 4 is 17.3 Å². The number of ether oxygens (including phenoxy) is 1. The quantitative estimate of drug-likeness (QED) is 0.255. The number of carbonyl (C=O) groups excluding carboxylic acids is 2. The minimum Gasteiger partial charge on any atom is -0.475 e. The van der Waals surface area contributed by atoms with Crippen molar-refractivity contribution in [1.29, 1.82) is 0 Å². The summed E-state index contributed by atoms with van der Waals surface area (Å²) in [5.41, 5.74) is 3.19. The van der Waals surface area contributed by atoms with Gasteiger partial charge in [0.2, 0.25) is 5.88 Å². The lowest BCUT2D eigenvalue weighted by molar-refractivity contribution is 0.0936. The molecule has 0 fully saturated rings. The summed E-state index contributed by atoms with van der Waals surface area (Å²) in [5, 5.41) is 15.3. The van der Waals surface area contributed by atoms with E-state index in [4.69, 9.17) is 4.74 Å². The van der Waals surface area contributed by atoms with E-state index in [9.17, 15) is 14.0 Å². The highest BCUT2D eigenvalue weighted by Crippen LogP contribution is 2.20. The smallest absolute Gasteiger partial charge is 0.252 e. The predicted octanol–water partition coefficient (Wildman–Crippen LogP) is 4.28. The van der Waals surface area contributed by atoms with E-state index in [0.717, 1.165) is 5.56 Å². The lowest BCUT2D eigenvalue weighted by Crippen LogP contribution is -2.29. The zero-order valence-corrected chi connectivity index (χ0v) is 19.9. The summed E-state index contributed by atoms with van der Waals surface area (Å²) in [6, 6.07) is 23.2. The summed E-state index contributed by atoms with van der Waals surface area (Å²) < 4.78 is 20.8. The molecule has 5 rings (SSSR count). The summed E-state index contributed by atoms with van der Waals surface area (Å²) in [5.74, 6) is -0.324. The van der Waals surface area contributed by atoms with Crippen molar-refractivity contribution in [3.8, 4) is 17.3 Å². The number of nitrogens with one attached hydrogen (secondary N) is 1. The standard InChI is InChI=1S/C28H22FN5O3/c1-18-9-11-19(12-10-18)26(35)22-7-2-3-8-23(22)28(36)30-15-16-37-25-14-13-24-31-32-27(34(24)33-25)20-5-4-6-21(29)17-20/h2-14,17H,15-16H2,1H3,(H,30,36). The number of nitrogens with zero attached hydrogens (tertiary/aromatic N) is 4. The van der Waals surface area contributed by atoms with E-state index in [1.165, 1.54) is 16.6 Å². The number of benzene rings is 3. The minimum absolute atomic E-state index is 0.135. The molecule has 184 valence electrons. The second kappa shape index (κ2) is 10.4. The maximum atomic E-state index is 13.6. The van der Waals surface area contributed by atoms with Crippen molar-refractivity contribution in [2.24, 2.45) is 0 Å². The van der Waals surface area contributed by atoms with Crippen LogP contribution in [0.2, 0.25) is 0 Å². The third-order valence-electron chi connectivity index (χ3n) is 5.69. The van der Waals surface area contributed by atoms with Gasteiger partial charge in [-0.1, -0.05) is 60.2 Å². The molecule has 0 saturated carbocycles. The Morgan fingerprint density at radius 3 is 2.49 bits per heavy atom. The molecule has 0 aliphatic carbocycles. The Kier molecular flexibility index (Phi) is 6.67. The number of aryl methyl sites for hydroxylation is 1. The number of amides is 1. The van der Waals surface area contributed by atoms with E-state index in [0.29, 0.717) is 28.2 Å². The molecule has 9 heteroatoms. The lowest BCUT2D eigenvalue weighted by atomic mass is 9.97. The Labute approximate surface area is 211 Å². The van der Waals surface area contributed by atoms with Crippen LogP contribution in [0.3, 0.4) is 0 Å². The van der Waals surface area contributed by atoms with E-state index in [1.807, 2.05) is 19.1 Å². The molecule has 3 aromatic carbocycles. The number of hydrogen-bond acceptors (Lipinski definition) is 6. The van der Waals surface area contributed by atoms with Crippen molar-refractivity contribution in [1.82, 2.24) is 25.1 Å². The molecule has 0 saturated heterocycles. The zero-order chi connectivity index (χ0) is 25.8. The highest BCUT2D eigenvalue weighted by Gasteiger charge is 2.18. The summed E-state index contributed by atoms with van der Waals surface area (Å²) >= 11 is 0. The van der Waals surface area contributed by atoms with Crippen LogP contribution in [0.5, 0.6) is 5.88 Å². The fourth-order valence-corrected chi connectivity index (χ4v) is 3.81. The normalized spacial score (nSPS) is 10.9. The molecule has 0 radical (unpaired) electrons. The van der Waals surface area contributed by atoms with Gasteiger partial charge in [0.15, 0.2) is 17.3 Å². The van der Waals surface area contributed by atoms with Gasteiger partial charge in [0.25, 0.3) is 5.91 Å². The first-order chi connectivity index (χ1) is 18.0. The fourth-order valence-electron chi connectivity index (χ4n) is 3.81. The Hall–Kier alpha value is -4.92. The van der Waals surface area contributed by atoms with E-state index >= 15 is 0 Å². The average molecular weight is 496 g/mol. The van der Waals surface area contributed by atoms with Gasteiger partial charge in [0, 0.05) is 22.8 Å². The lowest BCUT2D eigenvalue weighted by Gasteiger charge is -2.11. The molecule has 37 heavy (non-hydrogen) atoms. The van der Waals surface area contributed by atoms with Gasteiger partial charge in [-0.25, -0.2) is 4.39 Å². The first-order valence-electron chi connectivity index (χ1n) is 11.6. The van der Waals surface area contributed by atoms with E-state index in [2.05, 4.69) is 20.6 Å².